The van der Waals surface area contributed by atoms with Gasteiger partial charge < -0.3 is 9.84 Å². The number of ether oxygens (including phenoxy) is 1. The van der Waals surface area contributed by atoms with Crippen molar-refractivity contribution >= 4 is 11.9 Å². The van der Waals surface area contributed by atoms with Crippen LogP contribution in [-0.4, -0.2) is 23.1 Å². The van der Waals surface area contributed by atoms with Crippen LogP contribution in [0.3, 0.4) is 0 Å². The van der Waals surface area contributed by atoms with Gasteiger partial charge in [-0.3, -0.25) is 9.59 Å². The first-order chi connectivity index (χ1) is 22.1. The van der Waals surface area contributed by atoms with Crippen LogP contribution in [0, 0.1) is 0 Å². The topological polar surface area (TPSA) is 63.6 Å². The first-order valence-electron chi connectivity index (χ1n) is 19.8. The number of allylic oxidation sites excluding steroid dienone is 4. The summed E-state index contributed by atoms with van der Waals surface area (Å²) in [5.74, 6) is -0.756. The van der Waals surface area contributed by atoms with Crippen molar-refractivity contribution in [2.75, 3.05) is 0 Å². The molecule has 0 aliphatic heterocycles. The highest BCUT2D eigenvalue weighted by molar-refractivity contribution is 5.69. The molecule has 4 heteroatoms. The van der Waals surface area contributed by atoms with Crippen molar-refractivity contribution in [3.8, 4) is 0 Å². The highest BCUT2D eigenvalue weighted by Crippen LogP contribution is 2.18. The molecule has 264 valence electrons. The molecule has 0 rings (SSSR count). The third-order valence-corrected chi connectivity index (χ3v) is 8.93. The summed E-state index contributed by atoms with van der Waals surface area (Å²) in [7, 11) is 0. The SMILES string of the molecule is CCCCC/C=C\C/C=C\CCCCCCCCCCCCCC(=O)OC(CCCCCCCCCC)CCCCCC(=O)O. The minimum absolute atomic E-state index is 0.00575. The molecule has 0 fully saturated rings. The molecule has 0 amide bonds. The molecule has 0 aromatic heterocycles. The number of unbranched alkanes of at least 4 members (excludes halogenated alkanes) is 23. The van der Waals surface area contributed by atoms with Crippen molar-refractivity contribution < 1.29 is 19.4 Å². The summed E-state index contributed by atoms with van der Waals surface area (Å²) in [5, 5.41) is 8.86. The molecule has 1 unspecified atom stereocenters. The van der Waals surface area contributed by atoms with Crippen LogP contribution in [0.5, 0.6) is 0 Å². The predicted octanol–water partition coefficient (Wildman–Crippen LogP) is 13.6. The van der Waals surface area contributed by atoms with Crippen LogP contribution in [-0.2, 0) is 14.3 Å². The number of rotatable bonds is 36. The second kappa shape index (κ2) is 36.9. The molecule has 0 aliphatic rings. The van der Waals surface area contributed by atoms with Gasteiger partial charge in [-0.25, -0.2) is 0 Å². The summed E-state index contributed by atoms with van der Waals surface area (Å²) in [5.41, 5.74) is 0. The minimum Gasteiger partial charge on any atom is -0.481 e. The van der Waals surface area contributed by atoms with Crippen molar-refractivity contribution in [1.29, 1.82) is 0 Å². The van der Waals surface area contributed by atoms with Gasteiger partial charge >= 0.3 is 11.9 Å². The van der Waals surface area contributed by atoms with Gasteiger partial charge in [-0.15, -0.1) is 0 Å². The van der Waals surface area contributed by atoms with Gasteiger partial charge in [-0.1, -0.05) is 160 Å². The lowest BCUT2D eigenvalue weighted by Gasteiger charge is -2.18. The molecule has 4 nitrogen and oxygen atoms in total. The Bertz CT molecular complexity index is 683. The summed E-state index contributed by atoms with van der Waals surface area (Å²) in [6, 6.07) is 0. The maximum Gasteiger partial charge on any atom is 0.306 e. The van der Waals surface area contributed by atoms with Crippen LogP contribution in [0.25, 0.3) is 0 Å². The van der Waals surface area contributed by atoms with E-state index in [1.807, 2.05) is 0 Å². The van der Waals surface area contributed by atoms with E-state index in [1.54, 1.807) is 0 Å². The van der Waals surface area contributed by atoms with Gasteiger partial charge in [-0.2, -0.15) is 0 Å². The number of carbonyl (C=O) groups excluding carboxylic acids is 1. The first-order valence-corrected chi connectivity index (χ1v) is 19.8. The molecule has 1 atom stereocenters. The summed E-state index contributed by atoms with van der Waals surface area (Å²) in [6.07, 6.45) is 46.3. The van der Waals surface area contributed by atoms with Crippen molar-refractivity contribution in [2.24, 2.45) is 0 Å². The third kappa shape index (κ3) is 36.8. The summed E-state index contributed by atoms with van der Waals surface area (Å²) in [6.45, 7) is 4.51. The molecule has 0 radical (unpaired) electrons. The van der Waals surface area contributed by atoms with Crippen LogP contribution < -0.4 is 0 Å². The maximum atomic E-state index is 12.6. The fourth-order valence-corrected chi connectivity index (χ4v) is 5.98. The molecule has 0 aliphatic carbocycles. The van der Waals surface area contributed by atoms with E-state index < -0.39 is 5.97 Å². The lowest BCUT2D eigenvalue weighted by Crippen LogP contribution is -2.18. The van der Waals surface area contributed by atoms with Crippen molar-refractivity contribution in [2.45, 2.75) is 225 Å². The number of aliphatic carboxylic acids is 1. The first kappa shape index (κ1) is 43.4. The Labute approximate surface area is 280 Å². The quantitative estimate of drug-likeness (QED) is 0.0424. The van der Waals surface area contributed by atoms with Crippen molar-refractivity contribution in [1.82, 2.24) is 0 Å². The molecule has 0 aromatic carbocycles. The summed E-state index contributed by atoms with van der Waals surface area (Å²) >= 11 is 0. The number of carboxylic acids is 1. The highest BCUT2D eigenvalue weighted by atomic mass is 16.5. The molecule has 0 heterocycles. The Balaban J connectivity index is 3.77. The normalized spacial score (nSPS) is 12.4. The van der Waals surface area contributed by atoms with Crippen LogP contribution in [0.4, 0.5) is 0 Å². The molecule has 0 bridgehead atoms. The lowest BCUT2D eigenvalue weighted by molar-refractivity contribution is -0.150. The zero-order valence-corrected chi connectivity index (χ0v) is 30.2. The van der Waals surface area contributed by atoms with Crippen molar-refractivity contribution in [3.05, 3.63) is 24.3 Å². The van der Waals surface area contributed by atoms with E-state index in [2.05, 4.69) is 38.2 Å². The van der Waals surface area contributed by atoms with Gasteiger partial charge in [0.2, 0.25) is 0 Å². The van der Waals surface area contributed by atoms with Crippen molar-refractivity contribution in [3.63, 3.8) is 0 Å². The summed E-state index contributed by atoms with van der Waals surface area (Å²) < 4.78 is 5.92. The smallest absolute Gasteiger partial charge is 0.306 e. The molecule has 45 heavy (non-hydrogen) atoms. The predicted molar refractivity (Wildman–Crippen MR) is 195 cm³/mol. The molecule has 0 aromatic rings. The van der Waals surface area contributed by atoms with E-state index in [4.69, 9.17) is 9.84 Å². The fourth-order valence-electron chi connectivity index (χ4n) is 5.98. The van der Waals surface area contributed by atoms with Gasteiger partial charge in [0.25, 0.3) is 0 Å². The number of esters is 1. The second-order valence-corrected chi connectivity index (χ2v) is 13.5. The van der Waals surface area contributed by atoms with Gasteiger partial charge in [0.15, 0.2) is 0 Å². The molecule has 0 spiro atoms. The molecule has 1 N–H and O–H groups in total. The number of carboxylic acid groups (broad SMARTS) is 1. The average Bonchev–Trinajstić information content (AvgIpc) is 3.02. The Kier molecular flexibility index (Phi) is 35.6. The average molecular weight is 633 g/mol. The third-order valence-electron chi connectivity index (χ3n) is 8.93. The molecular weight excluding hydrogens is 556 g/mol. The van der Waals surface area contributed by atoms with Crippen LogP contribution in [0.15, 0.2) is 24.3 Å². The molecular formula is C41H76O4. The Morgan fingerprint density at radius 2 is 0.867 bits per heavy atom. The highest BCUT2D eigenvalue weighted by Gasteiger charge is 2.14. The van der Waals surface area contributed by atoms with E-state index in [0.717, 1.165) is 51.4 Å². The van der Waals surface area contributed by atoms with Gasteiger partial charge in [0.05, 0.1) is 0 Å². The van der Waals surface area contributed by atoms with Gasteiger partial charge in [0, 0.05) is 12.8 Å². The standard InChI is InChI=1S/C41H76O4/c1-3-5-7-9-11-13-14-15-16-17-18-19-20-21-22-23-24-25-27-29-34-38-41(44)45-39(36-32-30-33-37-40(42)43)35-31-28-26-12-10-8-6-4-2/h11,13,15-16,39H,3-10,12,14,17-38H2,1-2H3,(H,42,43)/b13-11-,16-15-. The van der Waals surface area contributed by atoms with E-state index in [-0.39, 0.29) is 18.5 Å². The minimum atomic E-state index is -0.724. The number of hydrogen-bond acceptors (Lipinski definition) is 3. The van der Waals surface area contributed by atoms with Crippen LogP contribution in [0.2, 0.25) is 0 Å². The zero-order chi connectivity index (χ0) is 32.9. The summed E-state index contributed by atoms with van der Waals surface area (Å²) in [4.78, 5) is 23.3. The van der Waals surface area contributed by atoms with E-state index in [1.165, 1.54) is 135 Å². The van der Waals surface area contributed by atoms with E-state index in [9.17, 15) is 9.59 Å². The monoisotopic (exact) mass is 633 g/mol. The molecule has 0 saturated carbocycles. The van der Waals surface area contributed by atoms with E-state index >= 15 is 0 Å². The lowest BCUT2D eigenvalue weighted by atomic mass is 10.0. The number of carbonyl (C=O) groups is 2. The fraction of sp³-hybridized carbons (Fsp3) is 0.854. The van der Waals surface area contributed by atoms with Gasteiger partial charge in [0.1, 0.15) is 6.10 Å². The van der Waals surface area contributed by atoms with Gasteiger partial charge in [-0.05, 0) is 70.6 Å². The Morgan fingerprint density at radius 3 is 1.38 bits per heavy atom. The zero-order valence-electron chi connectivity index (χ0n) is 30.2. The Hall–Kier alpha value is -1.58. The largest absolute Gasteiger partial charge is 0.481 e. The van der Waals surface area contributed by atoms with Crippen LogP contribution in [0.1, 0.15) is 219 Å². The Morgan fingerprint density at radius 1 is 0.489 bits per heavy atom. The van der Waals surface area contributed by atoms with Crippen LogP contribution >= 0.6 is 0 Å². The molecule has 0 saturated heterocycles. The second-order valence-electron chi connectivity index (χ2n) is 13.5. The number of hydrogen-bond donors (Lipinski definition) is 1. The maximum absolute atomic E-state index is 12.6. The van der Waals surface area contributed by atoms with E-state index in [0.29, 0.717) is 12.8 Å².